The maximum absolute atomic E-state index is 11.1. The molecule has 0 aromatic heterocycles. The van der Waals surface area contributed by atoms with Gasteiger partial charge in [0, 0.05) is 19.8 Å². The molecule has 2 amide bonds. The fraction of sp³-hybridized carbons (Fsp3) is 0.818. The van der Waals surface area contributed by atoms with Crippen molar-refractivity contribution >= 4 is 12.0 Å². The SMILES string of the molecule is CC(C)COCCCNC(=O)NCC(O)C(=O)O. The van der Waals surface area contributed by atoms with Gasteiger partial charge in [0.05, 0.1) is 6.54 Å². The largest absolute Gasteiger partial charge is 0.479 e. The molecule has 0 saturated carbocycles. The standard InChI is InChI=1S/C11H22N2O5/c1-8(2)7-18-5-3-4-12-11(17)13-6-9(14)10(15)16/h8-9,14H,3-7H2,1-2H3,(H,15,16)(H2,12,13,17). The third kappa shape index (κ3) is 9.86. The number of carboxylic acid groups (broad SMARTS) is 1. The lowest BCUT2D eigenvalue weighted by Gasteiger charge is -2.10. The van der Waals surface area contributed by atoms with E-state index in [9.17, 15) is 9.59 Å². The molecule has 0 spiro atoms. The number of carbonyl (C=O) groups is 2. The summed E-state index contributed by atoms with van der Waals surface area (Å²) in [5.41, 5.74) is 0. The zero-order chi connectivity index (χ0) is 14.0. The highest BCUT2D eigenvalue weighted by Gasteiger charge is 2.13. The van der Waals surface area contributed by atoms with E-state index in [1.807, 2.05) is 0 Å². The van der Waals surface area contributed by atoms with Gasteiger partial charge in [-0.2, -0.15) is 0 Å². The van der Waals surface area contributed by atoms with Crippen LogP contribution in [0.5, 0.6) is 0 Å². The minimum atomic E-state index is -1.58. The molecule has 0 aliphatic heterocycles. The lowest BCUT2D eigenvalue weighted by Crippen LogP contribution is -2.42. The van der Waals surface area contributed by atoms with Crippen LogP contribution >= 0.6 is 0 Å². The van der Waals surface area contributed by atoms with Crippen molar-refractivity contribution in [2.45, 2.75) is 26.4 Å². The van der Waals surface area contributed by atoms with Gasteiger partial charge in [-0.05, 0) is 12.3 Å². The highest BCUT2D eigenvalue weighted by atomic mass is 16.5. The molecule has 1 unspecified atom stereocenters. The number of urea groups is 1. The Hall–Kier alpha value is -1.34. The third-order valence-corrected chi connectivity index (χ3v) is 1.94. The van der Waals surface area contributed by atoms with E-state index in [2.05, 4.69) is 24.5 Å². The zero-order valence-corrected chi connectivity index (χ0v) is 10.8. The number of hydrogen-bond acceptors (Lipinski definition) is 4. The second-order valence-corrected chi connectivity index (χ2v) is 4.31. The number of amides is 2. The van der Waals surface area contributed by atoms with E-state index in [1.165, 1.54) is 0 Å². The van der Waals surface area contributed by atoms with Gasteiger partial charge in [0.1, 0.15) is 0 Å². The van der Waals surface area contributed by atoms with Gasteiger partial charge in [-0.15, -0.1) is 0 Å². The van der Waals surface area contributed by atoms with Crippen LogP contribution in [0.25, 0.3) is 0 Å². The predicted octanol–water partition coefficient (Wildman–Crippen LogP) is -0.206. The molecule has 0 aromatic carbocycles. The summed E-state index contributed by atoms with van der Waals surface area (Å²) in [4.78, 5) is 21.4. The molecule has 7 heteroatoms. The van der Waals surface area contributed by atoms with Crippen LogP contribution in [0.4, 0.5) is 4.79 Å². The molecule has 0 aliphatic rings. The highest BCUT2D eigenvalue weighted by Crippen LogP contribution is 1.92. The molecule has 0 saturated heterocycles. The predicted molar refractivity (Wildman–Crippen MR) is 65.3 cm³/mol. The average molecular weight is 262 g/mol. The first-order chi connectivity index (χ1) is 8.43. The molecule has 0 aliphatic carbocycles. The van der Waals surface area contributed by atoms with E-state index in [4.69, 9.17) is 14.9 Å². The Morgan fingerprint density at radius 2 is 1.94 bits per heavy atom. The van der Waals surface area contributed by atoms with Crippen LogP contribution in [-0.4, -0.2) is 54.6 Å². The number of aliphatic hydroxyl groups excluding tert-OH is 1. The van der Waals surface area contributed by atoms with E-state index >= 15 is 0 Å². The minimum Gasteiger partial charge on any atom is -0.479 e. The van der Waals surface area contributed by atoms with Gasteiger partial charge in [0.15, 0.2) is 6.10 Å². The smallest absolute Gasteiger partial charge is 0.334 e. The molecule has 18 heavy (non-hydrogen) atoms. The van der Waals surface area contributed by atoms with Crippen LogP contribution in [0.1, 0.15) is 20.3 Å². The van der Waals surface area contributed by atoms with Crippen LogP contribution in [0.3, 0.4) is 0 Å². The van der Waals surface area contributed by atoms with E-state index in [1.54, 1.807) is 0 Å². The van der Waals surface area contributed by atoms with E-state index in [0.717, 1.165) is 0 Å². The van der Waals surface area contributed by atoms with Gasteiger partial charge in [-0.3, -0.25) is 0 Å². The summed E-state index contributed by atoms with van der Waals surface area (Å²) in [5, 5.41) is 22.1. The van der Waals surface area contributed by atoms with Crippen molar-refractivity contribution in [3.63, 3.8) is 0 Å². The number of aliphatic carboxylic acids is 1. The summed E-state index contributed by atoms with van der Waals surface area (Å²) in [7, 11) is 0. The van der Waals surface area contributed by atoms with Gasteiger partial charge in [0.25, 0.3) is 0 Å². The van der Waals surface area contributed by atoms with Crippen LogP contribution in [-0.2, 0) is 9.53 Å². The fourth-order valence-corrected chi connectivity index (χ4v) is 1.03. The van der Waals surface area contributed by atoms with E-state index < -0.39 is 18.1 Å². The summed E-state index contributed by atoms with van der Waals surface area (Å²) in [5.74, 6) is -0.879. The van der Waals surface area contributed by atoms with Crippen LogP contribution in [0, 0.1) is 5.92 Å². The highest BCUT2D eigenvalue weighted by molar-refractivity contribution is 5.76. The Morgan fingerprint density at radius 3 is 2.50 bits per heavy atom. The first-order valence-corrected chi connectivity index (χ1v) is 5.93. The Bertz CT molecular complexity index is 258. The van der Waals surface area contributed by atoms with Crippen molar-refractivity contribution in [2.75, 3.05) is 26.3 Å². The maximum Gasteiger partial charge on any atom is 0.334 e. The van der Waals surface area contributed by atoms with Gasteiger partial charge in [-0.1, -0.05) is 13.8 Å². The Balaban J connectivity index is 3.40. The summed E-state index contributed by atoms with van der Waals surface area (Å²) < 4.78 is 5.32. The number of hydrogen-bond donors (Lipinski definition) is 4. The molecule has 0 fully saturated rings. The molecule has 0 aromatic rings. The van der Waals surface area contributed by atoms with E-state index in [-0.39, 0.29) is 6.54 Å². The van der Waals surface area contributed by atoms with Crippen molar-refractivity contribution in [1.29, 1.82) is 0 Å². The van der Waals surface area contributed by atoms with Crippen LogP contribution < -0.4 is 10.6 Å². The first-order valence-electron chi connectivity index (χ1n) is 5.93. The number of carboxylic acids is 1. The molecular weight excluding hydrogens is 240 g/mol. The number of nitrogens with one attached hydrogen (secondary N) is 2. The molecular formula is C11H22N2O5. The molecule has 0 rings (SSSR count). The average Bonchev–Trinajstić information content (AvgIpc) is 2.29. The normalized spacial score (nSPS) is 12.2. The minimum absolute atomic E-state index is 0.314. The Morgan fingerprint density at radius 1 is 1.28 bits per heavy atom. The zero-order valence-electron chi connectivity index (χ0n) is 10.8. The van der Waals surface area contributed by atoms with Gasteiger partial charge in [-0.25, -0.2) is 9.59 Å². The first kappa shape index (κ1) is 16.7. The maximum atomic E-state index is 11.1. The van der Waals surface area contributed by atoms with E-state index in [0.29, 0.717) is 32.1 Å². The second-order valence-electron chi connectivity index (χ2n) is 4.31. The second kappa shape index (κ2) is 9.67. The number of rotatable bonds is 9. The van der Waals surface area contributed by atoms with Crippen LogP contribution in [0.2, 0.25) is 0 Å². The van der Waals surface area contributed by atoms with Gasteiger partial charge < -0.3 is 25.6 Å². The molecule has 1 atom stereocenters. The summed E-state index contributed by atoms with van der Waals surface area (Å²) >= 11 is 0. The molecule has 106 valence electrons. The lowest BCUT2D eigenvalue weighted by molar-refractivity contribution is -0.146. The number of ether oxygens (including phenoxy) is 1. The molecule has 7 nitrogen and oxygen atoms in total. The van der Waals surface area contributed by atoms with Crippen molar-refractivity contribution in [3.05, 3.63) is 0 Å². The summed E-state index contributed by atoms with van der Waals surface area (Å²) in [6, 6.07) is -0.501. The third-order valence-electron chi connectivity index (χ3n) is 1.94. The summed E-state index contributed by atoms with van der Waals surface area (Å²) in [6.07, 6.45) is -0.896. The molecule has 4 N–H and O–H groups in total. The van der Waals surface area contributed by atoms with Gasteiger partial charge >= 0.3 is 12.0 Å². The number of aliphatic hydroxyl groups is 1. The van der Waals surface area contributed by atoms with Crippen molar-refractivity contribution < 1.29 is 24.5 Å². The van der Waals surface area contributed by atoms with Crippen molar-refractivity contribution in [1.82, 2.24) is 10.6 Å². The quantitative estimate of drug-likeness (QED) is 0.430. The van der Waals surface area contributed by atoms with Crippen molar-refractivity contribution in [3.8, 4) is 0 Å². The molecule has 0 bridgehead atoms. The molecule has 0 radical (unpaired) electrons. The monoisotopic (exact) mass is 262 g/mol. The molecule has 0 heterocycles. The van der Waals surface area contributed by atoms with Crippen LogP contribution in [0.15, 0.2) is 0 Å². The number of carbonyl (C=O) groups excluding carboxylic acids is 1. The lowest BCUT2D eigenvalue weighted by atomic mass is 10.2. The Kier molecular flexibility index (Phi) is 8.95. The summed E-state index contributed by atoms with van der Waals surface area (Å²) in [6.45, 7) is 5.49. The van der Waals surface area contributed by atoms with Gasteiger partial charge in [0.2, 0.25) is 0 Å². The fourth-order valence-electron chi connectivity index (χ4n) is 1.03. The Labute approximate surface area is 107 Å². The topological polar surface area (TPSA) is 108 Å². The van der Waals surface area contributed by atoms with Crippen molar-refractivity contribution in [2.24, 2.45) is 5.92 Å².